The number of terminal acetylenes is 1. The molecular weight excluding hydrogens is 234 g/mol. The second-order valence-corrected chi connectivity index (χ2v) is 5.92. The number of hydrogen-bond acceptors (Lipinski definition) is 3. The molecule has 1 amide bonds. The average Bonchev–Trinajstić information content (AvgIpc) is 2.62. The Hall–Kier alpha value is -1.47. The molecule has 92 valence electrons. The Bertz CT molecular complexity index is 437. The van der Waals surface area contributed by atoms with Gasteiger partial charge in [-0.3, -0.25) is 0 Å². The highest BCUT2D eigenvalue weighted by molar-refractivity contribution is 7.12. The summed E-state index contributed by atoms with van der Waals surface area (Å²) in [6.45, 7) is 6.06. The highest BCUT2D eigenvalue weighted by Gasteiger charge is 2.19. The molecule has 0 aromatic carbocycles. The summed E-state index contributed by atoms with van der Waals surface area (Å²) in [5, 5.41) is 0. The molecule has 0 spiro atoms. The van der Waals surface area contributed by atoms with Crippen molar-refractivity contribution in [1.82, 2.24) is 4.90 Å². The Morgan fingerprint density at radius 1 is 1.53 bits per heavy atom. The molecule has 1 aromatic heterocycles. The maximum atomic E-state index is 11.7. The Balaban J connectivity index is 2.57. The van der Waals surface area contributed by atoms with Crippen molar-refractivity contribution in [3.05, 3.63) is 21.9 Å². The van der Waals surface area contributed by atoms with E-state index in [2.05, 4.69) is 5.92 Å². The van der Waals surface area contributed by atoms with Gasteiger partial charge in [-0.1, -0.05) is 5.92 Å². The fraction of sp³-hybridized carbons (Fsp3) is 0.462. The van der Waals surface area contributed by atoms with Gasteiger partial charge >= 0.3 is 6.09 Å². The number of carbonyl (C=O) groups is 1. The smallest absolute Gasteiger partial charge is 0.410 e. The first-order valence-electron chi connectivity index (χ1n) is 5.31. The number of rotatable bonds is 2. The standard InChI is InChI=1S/C13H17NO2S/c1-6-10-7-8-11(17-10)9-14(5)12(15)16-13(2,3)4/h1,7-8H,9H2,2-5H3. The first kappa shape index (κ1) is 13.6. The molecule has 1 rings (SSSR count). The number of nitrogens with zero attached hydrogens (tertiary/aromatic N) is 1. The van der Waals surface area contributed by atoms with Crippen LogP contribution in [0.3, 0.4) is 0 Å². The van der Waals surface area contributed by atoms with Crippen LogP contribution in [0, 0.1) is 12.3 Å². The molecule has 1 aromatic rings. The van der Waals surface area contributed by atoms with Crippen LogP contribution >= 0.6 is 11.3 Å². The molecule has 1 heterocycles. The summed E-state index contributed by atoms with van der Waals surface area (Å²) >= 11 is 1.51. The van der Waals surface area contributed by atoms with Crippen LogP contribution in [0.4, 0.5) is 4.79 Å². The van der Waals surface area contributed by atoms with E-state index < -0.39 is 5.60 Å². The van der Waals surface area contributed by atoms with Crippen LogP contribution in [-0.4, -0.2) is 23.6 Å². The molecule has 17 heavy (non-hydrogen) atoms. The first-order chi connectivity index (χ1) is 7.81. The van der Waals surface area contributed by atoms with Crippen molar-refractivity contribution in [2.24, 2.45) is 0 Å². The minimum atomic E-state index is -0.467. The maximum Gasteiger partial charge on any atom is 0.410 e. The molecule has 0 saturated heterocycles. The summed E-state index contributed by atoms with van der Waals surface area (Å²) in [5.74, 6) is 2.57. The second kappa shape index (κ2) is 5.24. The molecule has 3 nitrogen and oxygen atoms in total. The van der Waals surface area contributed by atoms with Crippen LogP contribution in [0.15, 0.2) is 12.1 Å². The summed E-state index contributed by atoms with van der Waals surface area (Å²) in [7, 11) is 1.71. The van der Waals surface area contributed by atoms with Gasteiger partial charge in [-0.15, -0.1) is 17.8 Å². The van der Waals surface area contributed by atoms with Gasteiger partial charge in [0.1, 0.15) is 5.60 Å². The summed E-state index contributed by atoms with van der Waals surface area (Å²) in [5.41, 5.74) is -0.467. The van der Waals surface area contributed by atoms with Gasteiger partial charge in [0.25, 0.3) is 0 Å². The average molecular weight is 251 g/mol. The quantitative estimate of drug-likeness (QED) is 0.756. The molecule has 0 bridgehead atoms. The van der Waals surface area contributed by atoms with E-state index >= 15 is 0 Å². The van der Waals surface area contributed by atoms with Crippen molar-refractivity contribution in [3.63, 3.8) is 0 Å². The van der Waals surface area contributed by atoms with Gasteiger partial charge in [-0.2, -0.15) is 0 Å². The van der Waals surface area contributed by atoms with Gasteiger partial charge in [-0.05, 0) is 32.9 Å². The number of hydrogen-bond donors (Lipinski definition) is 0. The van der Waals surface area contributed by atoms with Crippen LogP contribution < -0.4 is 0 Å². The van der Waals surface area contributed by atoms with E-state index in [1.54, 1.807) is 7.05 Å². The number of carbonyl (C=O) groups excluding carboxylic acids is 1. The van der Waals surface area contributed by atoms with Crippen LogP contribution in [0.1, 0.15) is 30.5 Å². The van der Waals surface area contributed by atoms with Crippen molar-refractivity contribution in [1.29, 1.82) is 0 Å². The van der Waals surface area contributed by atoms with Crippen molar-refractivity contribution < 1.29 is 9.53 Å². The number of thiophene rings is 1. The largest absolute Gasteiger partial charge is 0.444 e. The highest BCUT2D eigenvalue weighted by Crippen LogP contribution is 2.18. The third-order valence-corrected chi connectivity index (χ3v) is 2.90. The Morgan fingerprint density at radius 3 is 2.65 bits per heavy atom. The molecule has 0 fully saturated rings. The fourth-order valence-corrected chi connectivity index (χ4v) is 2.05. The van der Waals surface area contributed by atoms with Gasteiger partial charge in [0.05, 0.1) is 11.4 Å². The number of amides is 1. The molecule has 0 aliphatic heterocycles. The van der Waals surface area contributed by atoms with Crippen molar-refractivity contribution in [2.45, 2.75) is 32.9 Å². The predicted octanol–water partition coefficient (Wildman–Crippen LogP) is 3.10. The zero-order valence-electron chi connectivity index (χ0n) is 10.6. The van der Waals surface area contributed by atoms with Crippen LogP contribution in [0.25, 0.3) is 0 Å². The highest BCUT2D eigenvalue weighted by atomic mass is 32.1. The fourth-order valence-electron chi connectivity index (χ4n) is 1.18. The predicted molar refractivity (Wildman–Crippen MR) is 70.0 cm³/mol. The zero-order valence-corrected chi connectivity index (χ0v) is 11.4. The van der Waals surface area contributed by atoms with Crippen molar-refractivity contribution >= 4 is 17.4 Å². The molecular formula is C13H17NO2S. The summed E-state index contributed by atoms with van der Waals surface area (Å²) < 4.78 is 5.26. The summed E-state index contributed by atoms with van der Waals surface area (Å²) in [4.78, 5) is 15.2. The summed E-state index contributed by atoms with van der Waals surface area (Å²) in [6.07, 6.45) is 4.97. The topological polar surface area (TPSA) is 29.5 Å². The van der Waals surface area contributed by atoms with Crippen LogP contribution in [0.5, 0.6) is 0 Å². The molecule has 0 aliphatic carbocycles. The Kier molecular flexibility index (Phi) is 4.19. The third kappa shape index (κ3) is 4.49. The van der Waals surface area contributed by atoms with E-state index in [0.717, 1.165) is 9.75 Å². The van der Waals surface area contributed by atoms with Gasteiger partial charge < -0.3 is 9.64 Å². The molecule has 0 aliphatic rings. The maximum absolute atomic E-state index is 11.7. The molecule has 0 saturated carbocycles. The molecule has 0 radical (unpaired) electrons. The lowest BCUT2D eigenvalue weighted by Gasteiger charge is -2.24. The molecule has 0 unspecified atom stereocenters. The number of ether oxygens (including phenoxy) is 1. The van der Waals surface area contributed by atoms with Crippen molar-refractivity contribution in [3.8, 4) is 12.3 Å². The Labute approximate surface area is 106 Å². The van der Waals surface area contributed by atoms with Gasteiger partial charge in [0.15, 0.2) is 0 Å². The SMILES string of the molecule is C#Cc1ccc(CN(C)C(=O)OC(C)(C)C)s1. The normalized spacial score (nSPS) is 10.8. The molecule has 0 atom stereocenters. The zero-order chi connectivity index (χ0) is 13.1. The minimum absolute atomic E-state index is 0.326. The van der Waals surface area contributed by atoms with E-state index in [0.29, 0.717) is 6.54 Å². The lowest BCUT2D eigenvalue weighted by Crippen LogP contribution is -2.33. The first-order valence-corrected chi connectivity index (χ1v) is 6.13. The monoisotopic (exact) mass is 251 g/mol. The molecule has 0 N–H and O–H groups in total. The third-order valence-electron chi connectivity index (χ3n) is 1.90. The van der Waals surface area contributed by atoms with Crippen LogP contribution in [0.2, 0.25) is 0 Å². The van der Waals surface area contributed by atoms with E-state index in [4.69, 9.17) is 11.2 Å². The Morgan fingerprint density at radius 2 is 2.18 bits per heavy atom. The lowest BCUT2D eigenvalue weighted by molar-refractivity contribution is 0.0287. The van der Waals surface area contributed by atoms with E-state index in [-0.39, 0.29) is 6.09 Å². The second-order valence-electron chi connectivity index (χ2n) is 4.75. The lowest BCUT2D eigenvalue weighted by atomic mass is 10.2. The summed E-state index contributed by atoms with van der Waals surface area (Å²) in [6, 6.07) is 3.81. The minimum Gasteiger partial charge on any atom is -0.444 e. The van der Waals surface area contributed by atoms with Crippen molar-refractivity contribution in [2.75, 3.05) is 7.05 Å². The van der Waals surface area contributed by atoms with Crippen LogP contribution in [-0.2, 0) is 11.3 Å². The molecule has 4 heteroatoms. The van der Waals surface area contributed by atoms with Gasteiger partial charge in [0.2, 0.25) is 0 Å². The van der Waals surface area contributed by atoms with E-state index in [1.165, 1.54) is 16.2 Å². The van der Waals surface area contributed by atoms with Gasteiger partial charge in [-0.25, -0.2) is 4.79 Å². The van der Waals surface area contributed by atoms with Gasteiger partial charge in [0, 0.05) is 11.9 Å². The van der Waals surface area contributed by atoms with E-state index in [1.807, 2.05) is 32.9 Å². The van der Waals surface area contributed by atoms with E-state index in [9.17, 15) is 4.79 Å².